The number of thiophene rings is 1. The Morgan fingerprint density at radius 3 is 2.73 bits per heavy atom. The molecule has 0 bridgehead atoms. The third-order valence-corrected chi connectivity index (χ3v) is 5.65. The average molecular weight is 430 g/mol. The summed E-state index contributed by atoms with van der Waals surface area (Å²) in [6, 6.07) is 4.11. The molecule has 3 aromatic heterocycles. The first-order valence-electron chi connectivity index (χ1n) is 10.1. The van der Waals surface area contributed by atoms with Gasteiger partial charge in [0.15, 0.2) is 11.6 Å². The highest BCUT2D eigenvalue weighted by atomic mass is 32.1. The van der Waals surface area contributed by atoms with E-state index in [4.69, 9.17) is 9.72 Å². The Morgan fingerprint density at radius 1 is 1.30 bits per heavy atom. The lowest BCUT2D eigenvalue weighted by Crippen LogP contribution is -2.44. The number of hydrogen-bond acceptors (Lipinski definition) is 8. The maximum Gasteiger partial charge on any atom is 0.410 e. The number of hydrogen-bond donors (Lipinski definition) is 3. The summed E-state index contributed by atoms with van der Waals surface area (Å²) in [6.45, 7) is 8.89. The minimum atomic E-state index is -0.480. The summed E-state index contributed by atoms with van der Waals surface area (Å²) in [6.07, 6.45) is 1.37. The molecule has 3 aromatic rings. The standard InChI is InChI=1S/C20H27N7O2S/c1-12-11-15(26-25-12)23-17-16-14(7-10-30-16)22-18(24-17)21-13-5-8-27(9-6-13)19(28)29-20(2,3)4/h7,10-11,13H,5-6,8-9H2,1-4H3,(H3,21,22,23,24,25,26). The van der Waals surface area contributed by atoms with Crippen LogP contribution in [0.2, 0.25) is 0 Å². The molecular weight excluding hydrogens is 402 g/mol. The first kappa shape index (κ1) is 20.4. The molecule has 9 nitrogen and oxygen atoms in total. The highest BCUT2D eigenvalue weighted by molar-refractivity contribution is 7.17. The zero-order chi connectivity index (χ0) is 21.3. The van der Waals surface area contributed by atoms with Gasteiger partial charge in [-0.3, -0.25) is 5.10 Å². The van der Waals surface area contributed by atoms with Crippen LogP contribution in [0.3, 0.4) is 0 Å². The van der Waals surface area contributed by atoms with Gasteiger partial charge in [0.25, 0.3) is 0 Å². The van der Waals surface area contributed by atoms with Crippen molar-refractivity contribution < 1.29 is 9.53 Å². The number of nitrogens with one attached hydrogen (secondary N) is 3. The molecule has 3 N–H and O–H groups in total. The molecule has 1 aliphatic rings. The molecule has 1 amide bonds. The van der Waals surface area contributed by atoms with Crippen molar-refractivity contribution in [3.8, 4) is 0 Å². The van der Waals surface area contributed by atoms with E-state index >= 15 is 0 Å². The van der Waals surface area contributed by atoms with Gasteiger partial charge in [-0.15, -0.1) is 11.3 Å². The van der Waals surface area contributed by atoms with Gasteiger partial charge in [0, 0.05) is 30.9 Å². The number of likely N-dealkylation sites (tertiary alicyclic amines) is 1. The molecule has 30 heavy (non-hydrogen) atoms. The summed E-state index contributed by atoms with van der Waals surface area (Å²) >= 11 is 1.59. The Kier molecular flexibility index (Phi) is 5.50. The predicted octanol–water partition coefficient (Wildman–Crippen LogP) is 4.28. The predicted molar refractivity (Wildman–Crippen MR) is 118 cm³/mol. The number of aryl methyl sites for hydroxylation is 1. The van der Waals surface area contributed by atoms with Crippen LogP contribution >= 0.6 is 11.3 Å². The minimum Gasteiger partial charge on any atom is -0.444 e. The number of nitrogens with zero attached hydrogens (tertiary/aromatic N) is 4. The Labute approximate surface area is 179 Å². The van der Waals surface area contributed by atoms with Gasteiger partial charge in [-0.2, -0.15) is 10.1 Å². The lowest BCUT2D eigenvalue weighted by atomic mass is 10.1. The number of H-pyrrole nitrogens is 1. The highest BCUT2D eigenvalue weighted by Crippen LogP contribution is 2.30. The largest absolute Gasteiger partial charge is 0.444 e. The van der Waals surface area contributed by atoms with E-state index in [9.17, 15) is 4.79 Å². The maximum absolute atomic E-state index is 12.3. The van der Waals surface area contributed by atoms with Crippen molar-refractivity contribution in [2.75, 3.05) is 23.7 Å². The second-order valence-corrected chi connectivity index (χ2v) is 9.39. The summed E-state index contributed by atoms with van der Waals surface area (Å²) in [7, 11) is 0. The molecule has 1 fully saturated rings. The van der Waals surface area contributed by atoms with Gasteiger partial charge in [0.1, 0.15) is 5.60 Å². The van der Waals surface area contributed by atoms with E-state index < -0.39 is 5.60 Å². The number of fused-ring (bicyclic) bond motifs is 1. The van der Waals surface area contributed by atoms with Crippen LogP contribution in [0.4, 0.5) is 22.4 Å². The fourth-order valence-corrected chi connectivity index (χ4v) is 4.11. The van der Waals surface area contributed by atoms with Gasteiger partial charge in [-0.05, 0) is 52.0 Å². The number of rotatable bonds is 4. The van der Waals surface area contributed by atoms with Crippen molar-refractivity contribution in [2.45, 2.75) is 52.2 Å². The molecule has 0 unspecified atom stereocenters. The van der Waals surface area contributed by atoms with Crippen molar-refractivity contribution >= 4 is 45.2 Å². The van der Waals surface area contributed by atoms with Gasteiger partial charge in [0.05, 0.1) is 10.2 Å². The normalized spacial score (nSPS) is 15.4. The van der Waals surface area contributed by atoms with Crippen molar-refractivity contribution in [2.24, 2.45) is 0 Å². The zero-order valence-corrected chi connectivity index (χ0v) is 18.5. The molecule has 10 heteroatoms. The van der Waals surface area contributed by atoms with Crippen LogP contribution < -0.4 is 10.6 Å². The lowest BCUT2D eigenvalue weighted by Gasteiger charge is -2.33. The van der Waals surface area contributed by atoms with Gasteiger partial charge >= 0.3 is 6.09 Å². The van der Waals surface area contributed by atoms with Crippen molar-refractivity contribution in [3.05, 3.63) is 23.2 Å². The molecule has 0 spiro atoms. The number of aromatic nitrogens is 4. The van der Waals surface area contributed by atoms with Crippen LogP contribution in [0.5, 0.6) is 0 Å². The van der Waals surface area contributed by atoms with Gasteiger partial charge < -0.3 is 20.3 Å². The van der Waals surface area contributed by atoms with Crippen LogP contribution in [-0.2, 0) is 4.74 Å². The molecule has 0 aromatic carbocycles. The first-order chi connectivity index (χ1) is 14.3. The zero-order valence-electron chi connectivity index (χ0n) is 17.7. The Morgan fingerprint density at radius 2 is 2.07 bits per heavy atom. The quantitative estimate of drug-likeness (QED) is 0.568. The smallest absolute Gasteiger partial charge is 0.410 e. The molecule has 4 heterocycles. The molecule has 1 saturated heterocycles. The molecule has 4 rings (SSSR count). The molecular formula is C20H27N7O2S. The number of carbonyl (C=O) groups excluding carboxylic acids is 1. The van der Waals surface area contributed by atoms with Gasteiger partial charge in [-0.25, -0.2) is 9.78 Å². The molecule has 0 atom stereocenters. The van der Waals surface area contributed by atoms with E-state index in [1.807, 2.05) is 45.2 Å². The SMILES string of the molecule is Cc1cc(Nc2nc(NC3CCN(C(=O)OC(C)(C)C)CC3)nc3ccsc23)n[nH]1. The molecule has 0 aliphatic carbocycles. The fraction of sp³-hybridized carbons (Fsp3) is 0.500. The summed E-state index contributed by atoms with van der Waals surface area (Å²) in [5.74, 6) is 2.03. The third-order valence-electron chi connectivity index (χ3n) is 4.74. The second kappa shape index (κ2) is 8.10. The molecule has 1 aliphatic heterocycles. The highest BCUT2D eigenvalue weighted by Gasteiger charge is 2.27. The lowest BCUT2D eigenvalue weighted by molar-refractivity contribution is 0.0210. The molecule has 160 valence electrons. The summed E-state index contributed by atoms with van der Waals surface area (Å²) in [4.78, 5) is 23.4. The van der Waals surface area contributed by atoms with Crippen LogP contribution in [0.1, 0.15) is 39.3 Å². The van der Waals surface area contributed by atoms with Crippen molar-refractivity contribution in [1.29, 1.82) is 0 Å². The summed E-state index contributed by atoms with van der Waals surface area (Å²) < 4.78 is 6.46. The van der Waals surface area contributed by atoms with E-state index in [1.54, 1.807) is 16.2 Å². The number of ether oxygens (including phenoxy) is 1. The van der Waals surface area contributed by atoms with Crippen LogP contribution in [-0.4, -0.2) is 55.9 Å². The second-order valence-electron chi connectivity index (χ2n) is 8.48. The van der Waals surface area contributed by atoms with E-state index in [0.717, 1.165) is 40.4 Å². The molecule has 0 saturated carbocycles. The van der Waals surface area contributed by atoms with Gasteiger partial charge in [0.2, 0.25) is 5.95 Å². The van der Waals surface area contributed by atoms with Crippen molar-refractivity contribution in [1.82, 2.24) is 25.1 Å². The Hall–Kier alpha value is -2.88. The number of carbonyl (C=O) groups is 1. The minimum absolute atomic E-state index is 0.195. The summed E-state index contributed by atoms with van der Waals surface area (Å²) in [5.41, 5.74) is 1.38. The van der Waals surface area contributed by atoms with Crippen LogP contribution in [0, 0.1) is 6.92 Å². The van der Waals surface area contributed by atoms with E-state index in [1.165, 1.54) is 0 Å². The van der Waals surface area contributed by atoms with Crippen molar-refractivity contribution in [3.63, 3.8) is 0 Å². The first-order valence-corrected chi connectivity index (χ1v) is 10.9. The van der Waals surface area contributed by atoms with Gasteiger partial charge in [-0.1, -0.05) is 0 Å². The van der Waals surface area contributed by atoms with E-state index in [-0.39, 0.29) is 12.1 Å². The van der Waals surface area contributed by atoms with Crippen LogP contribution in [0.15, 0.2) is 17.5 Å². The number of aromatic amines is 1. The van der Waals surface area contributed by atoms with Crippen LogP contribution in [0.25, 0.3) is 10.2 Å². The fourth-order valence-electron chi connectivity index (χ4n) is 3.33. The number of amides is 1. The topological polar surface area (TPSA) is 108 Å². The number of anilines is 3. The Balaban J connectivity index is 1.43. The van der Waals surface area contributed by atoms with E-state index in [0.29, 0.717) is 19.0 Å². The van der Waals surface area contributed by atoms with E-state index in [2.05, 4.69) is 25.8 Å². The third kappa shape index (κ3) is 4.81. The monoisotopic (exact) mass is 429 g/mol. The number of piperidine rings is 1. The Bertz CT molecular complexity index is 1030. The summed E-state index contributed by atoms with van der Waals surface area (Å²) in [5, 5.41) is 15.9. The average Bonchev–Trinajstić information content (AvgIpc) is 3.30. The molecule has 0 radical (unpaired) electrons. The maximum atomic E-state index is 12.3.